The molecule has 9 heteroatoms. The van der Waals surface area contributed by atoms with Crippen LogP contribution in [0.2, 0.25) is 0 Å². The predicted octanol–water partition coefficient (Wildman–Crippen LogP) is 2.17. The lowest BCUT2D eigenvalue weighted by Crippen LogP contribution is -2.54. The second-order valence-electron chi connectivity index (χ2n) is 8.27. The van der Waals surface area contributed by atoms with Crippen molar-refractivity contribution in [2.75, 3.05) is 11.9 Å². The molecule has 5 amide bonds. The minimum Gasteiger partial charge on any atom is -0.365 e. The number of fused-ring (bicyclic) bond motifs is 1. The fourth-order valence-corrected chi connectivity index (χ4v) is 6.17. The number of carbonyl (C=O) groups excluding carboxylic acids is 4. The van der Waals surface area contributed by atoms with E-state index in [4.69, 9.17) is 5.73 Å². The summed E-state index contributed by atoms with van der Waals surface area (Å²) in [7, 11) is 0. The second kappa shape index (κ2) is 7.44. The van der Waals surface area contributed by atoms with Crippen molar-refractivity contribution in [3.05, 3.63) is 16.0 Å². The molecule has 1 saturated heterocycles. The van der Waals surface area contributed by atoms with Crippen molar-refractivity contribution in [1.82, 2.24) is 10.2 Å². The molecule has 1 aliphatic heterocycles. The van der Waals surface area contributed by atoms with Gasteiger partial charge >= 0.3 is 6.03 Å². The van der Waals surface area contributed by atoms with Crippen LogP contribution in [0, 0.1) is 5.92 Å². The molecule has 3 aliphatic rings. The lowest BCUT2D eigenvalue weighted by atomic mass is 9.73. The molecular formula is C20H26N4O4S. The number of hydrogen-bond acceptors (Lipinski definition) is 5. The standard InChI is InChI=1S/C20H26N4O4S/c1-11-6-4-5-9-20(11)18(27)24(19(28)23-20)10-14(25)22-17-15(16(21)26)12-7-2-3-8-13(12)29-17/h11H,2-10H2,1H3,(H2,21,26)(H,22,25)(H,23,28). The molecule has 29 heavy (non-hydrogen) atoms. The summed E-state index contributed by atoms with van der Waals surface area (Å²) in [5, 5.41) is 5.99. The fraction of sp³-hybridized carbons (Fsp3) is 0.600. The summed E-state index contributed by atoms with van der Waals surface area (Å²) in [6.45, 7) is 1.59. The topological polar surface area (TPSA) is 122 Å². The molecule has 0 aromatic carbocycles. The van der Waals surface area contributed by atoms with Gasteiger partial charge in [-0.05, 0) is 50.0 Å². The zero-order valence-electron chi connectivity index (χ0n) is 16.5. The normalized spacial score (nSPS) is 26.4. The molecule has 1 aromatic heterocycles. The Bertz CT molecular complexity index is 895. The predicted molar refractivity (Wildman–Crippen MR) is 109 cm³/mol. The van der Waals surface area contributed by atoms with Crippen molar-refractivity contribution in [1.29, 1.82) is 0 Å². The van der Waals surface area contributed by atoms with Crippen LogP contribution in [-0.2, 0) is 22.4 Å². The van der Waals surface area contributed by atoms with Gasteiger partial charge in [0.15, 0.2) is 0 Å². The Balaban J connectivity index is 1.51. The monoisotopic (exact) mass is 418 g/mol. The second-order valence-corrected chi connectivity index (χ2v) is 9.37. The largest absolute Gasteiger partial charge is 0.365 e. The van der Waals surface area contributed by atoms with Gasteiger partial charge < -0.3 is 16.4 Å². The molecule has 4 rings (SSSR count). The van der Waals surface area contributed by atoms with Gasteiger partial charge in [0.25, 0.3) is 11.8 Å². The number of aryl methyl sites for hydroxylation is 1. The van der Waals surface area contributed by atoms with Gasteiger partial charge in [0, 0.05) is 4.88 Å². The molecule has 0 bridgehead atoms. The van der Waals surface area contributed by atoms with Crippen LogP contribution in [0.1, 0.15) is 66.2 Å². The van der Waals surface area contributed by atoms with E-state index in [0.717, 1.165) is 60.3 Å². The summed E-state index contributed by atoms with van der Waals surface area (Å²) in [5.74, 6) is -1.36. The highest BCUT2D eigenvalue weighted by Gasteiger charge is 2.55. The first-order valence-corrected chi connectivity index (χ1v) is 11.0. The first kappa shape index (κ1) is 19.9. The number of amides is 5. The summed E-state index contributed by atoms with van der Waals surface area (Å²) in [6.07, 6.45) is 7.04. The number of rotatable bonds is 4. The number of primary amides is 1. The van der Waals surface area contributed by atoms with Crippen LogP contribution in [0.4, 0.5) is 9.80 Å². The summed E-state index contributed by atoms with van der Waals surface area (Å²) in [5.41, 5.74) is 5.96. The van der Waals surface area contributed by atoms with Gasteiger partial charge in [-0.15, -0.1) is 11.3 Å². The maximum absolute atomic E-state index is 13.0. The summed E-state index contributed by atoms with van der Waals surface area (Å²) in [4.78, 5) is 52.2. The lowest BCUT2D eigenvalue weighted by molar-refractivity contribution is -0.136. The highest BCUT2D eigenvalue weighted by Crippen LogP contribution is 2.39. The summed E-state index contributed by atoms with van der Waals surface area (Å²) in [6, 6.07) is -0.528. The van der Waals surface area contributed by atoms with E-state index in [1.54, 1.807) is 0 Å². The van der Waals surface area contributed by atoms with Crippen LogP contribution in [0.25, 0.3) is 0 Å². The van der Waals surface area contributed by atoms with Gasteiger partial charge in [-0.25, -0.2) is 4.79 Å². The highest BCUT2D eigenvalue weighted by atomic mass is 32.1. The molecule has 2 aliphatic carbocycles. The van der Waals surface area contributed by atoms with E-state index in [1.165, 1.54) is 11.3 Å². The highest BCUT2D eigenvalue weighted by molar-refractivity contribution is 7.17. The first-order valence-electron chi connectivity index (χ1n) is 10.2. The molecule has 0 radical (unpaired) electrons. The third-order valence-electron chi connectivity index (χ3n) is 6.47. The van der Waals surface area contributed by atoms with E-state index < -0.39 is 23.4 Å². The number of nitrogens with one attached hydrogen (secondary N) is 2. The van der Waals surface area contributed by atoms with Gasteiger partial charge in [0.1, 0.15) is 17.1 Å². The van der Waals surface area contributed by atoms with Gasteiger partial charge in [0.05, 0.1) is 5.56 Å². The average molecular weight is 419 g/mol. The van der Waals surface area contributed by atoms with Gasteiger partial charge in [0.2, 0.25) is 5.91 Å². The molecule has 1 saturated carbocycles. The number of urea groups is 1. The molecule has 1 spiro atoms. The fourth-order valence-electron chi connectivity index (χ4n) is 4.86. The molecule has 2 heterocycles. The average Bonchev–Trinajstić information content (AvgIpc) is 3.15. The van der Waals surface area contributed by atoms with Crippen LogP contribution in [0.15, 0.2) is 0 Å². The van der Waals surface area contributed by atoms with Crippen molar-refractivity contribution < 1.29 is 19.2 Å². The Morgan fingerprint density at radius 2 is 2.00 bits per heavy atom. The van der Waals surface area contributed by atoms with Gasteiger partial charge in [-0.3, -0.25) is 19.3 Å². The molecular weight excluding hydrogens is 392 g/mol. The summed E-state index contributed by atoms with van der Waals surface area (Å²) >= 11 is 1.36. The molecule has 1 aromatic rings. The van der Waals surface area contributed by atoms with E-state index in [9.17, 15) is 19.2 Å². The quantitative estimate of drug-likeness (QED) is 0.649. The maximum atomic E-state index is 13.0. The zero-order valence-corrected chi connectivity index (χ0v) is 17.3. The maximum Gasteiger partial charge on any atom is 0.325 e. The number of nitrogens with two attached hydrogens (primary N) is 1. The number of carbonyl (C=O) groups is 4. The SMILES string of the molecule is CC1CCCCC12NC(=O)N(CC(=O)Nc1sc3c(c1C(N)=O)CCCC3)C2=O. The number of imide groups is 1. The third-order valence-corrected chi connectivity index (χ3v) is 7.68. The zero-order chi connectivity index (χ0) is 20.8. The smallest absolute Gasteiger partial charge is 0.325 e. The van der Waals surface area contributed by atoms with Gasteiger partial charge in [-0.2, -0.15) is 0 Å². The summed E-state index contributed by atoms with van der Waals surface area (Å²) < 4.78 is 0. The minimum atomic E-state index is -0.893. The Labute approximate surface area is 173 Å². The van der Waals surface area contributed by atoms with Gasteiger partial charge in [-0.1, -0.05) is 19.8 Å². The molecule has 4 N–H and O–H groups in total. The molecule has 2 fully saturated rings. The Kier molecular flexibility index (Phi) is 5.10. The molecule has 2 unspecified atom stereocenters. The number of nitrogens with zero attached hydrogens (tertiary/aromatic N) is 1. The number of thiophene rings is 1. The Morgan fingerprint density at radius 3 is 2.72 bits per heavy atom. The number of anilines is 1. The number of hydrogen-bond donors (Lipinski definition) is 3. The van der Waals surface area contributed by atoms with E-state index >= 15 is 0 Å². The Morgan fingerprint density at radius 1 is 1.24 bits per heavy atom. The van der Waals surface area contributed by atoms with E-state index in [-0.39, 0.29) is 18.4 Å². The van der Waals surface area contributed by atoms with Crippen molar-refractivity contribution in [2.24, 2.45) is 11.7 Å². The first-order chi connectivity index (χ1) is 13.8. The van der Waals surface area contributed by atoms with E-state index in [1.807, 2.05) is 6.92 Å². The molecule has 8 nitrogen and oxygen atoms in total. The Hall–Kier alpha value is -2.42. The lowest BCUT2D eigenvalue weighted by Gasteiger charge is -2.36. The van der Waals surface area contributed by atoms with Crippen LogP contribution in [0.3, 0.4) is 0 Å². The molecule has 156 valence electrons. The van der Waals surface area contributed by atoms with Crippen LogP contribution in [-0.4, -0.2) is 40.7 Å². The van der Waals surface area contributed by atoms with Crippen LogP contribution >= 0.6 is 11.3 Å². The van der Waals surface area contributed by atoms with Crippen molar-refractivity contribution in [3.8, 4) is 0 Å². The molecule has 2 atom stereocenters. The van der Waals surface area contributed by atoms with E-state index in [0.29, 0.717) is 17.0 Å². The van der Waals surface area contributed by atoms with E-state index in [2.05, 4.69) is 10.6 Å². The van der Waals surface area contributed by atoms with Crippen molar-refractivity contribution in [2.45, 2.75) is 63.8 Å². The van der Waals surface area contributed by atoms with Crippen LogP contribution < -0.4 is 16.4 Å². The van der Waals surface area contributed by atoms with Crippen LogP contribution in [0.5, 0.6) is 0 Å². The minimum absolute atomic E-state index is 0.0336. The van der Waals surface area contributed by atoms with Crippen molar-refractivity contribution in [3.63, 3.8) is 0 Å². The van der Waals surface area contributed by atoms with Crippen molar-refractivity contribution >= 4 is 40.1 Å². The third kappa shape index (κ3) is 3.31.